The first-order chi connectivity index (χ1) is 7.25. The summed E-state index contributed by atoms with van der Waals surface area (Å²) in [5, 5.41) is 7.11. The van der Waals surface area contributed by atoms with Crippen molar-refractivity contribution in [2.75, 3.05) is 11.1 Å². The highest BCUT2D eigenvalue weighted by atomic mass is 35.5. The van der Waals surface area contributed by atoms with E-state index in [9.17, 15) is 0 Å². The standard InChI is InChI=1S/C9H9ClN4O/c10-6-3-8(11)9(12-4-6)13-5-7-1-2-14-15-7/h1-4H,5,11H2,(H,12,13). The van der Waals surface area contributed by atoms with Gasteiger partial charge in [-0.15, -0.1) is 0 Å². The fourth-order valence-corrected chi connectivity index (χ4v) is 1.27. The molecule has 0 saturated heterocycles. The van der Waals surface area contributed by atoms with Crippen LogP contribution in [0.3, 0.4) is 0 Å². The van der Waals surface area contributed by atoms with E-state index in [0.717, 1.165) is 0 Å². The van der Waals surface area contributed by atoms with E-state index in [2.05, 4.69) is 15.5 Å². The van der Waals surface area contributed by atoms with Crippen LogP contribution in [0.4, 0.5) is 11.5 Å². The van der Waals surface area contributed by atoms with Gasteiger partial charge in [0.2, 0.25) is 0 Å². The normalized spacial score (nSPS) is 10.2. The SMILES string of the molecule is Nc1cc(Cl)cnc1NCc1ccno1. The summed E-state index contributed by atoms with van der Waals surface area (Å²) in [6, 6.07) is 3.40. The molecule has 3 N–H and O–H groups in total. The van der Waals surface area contributed by atoms with Gasteiger partial charge in [-0.3, -0.25) is 0 Å². The number of hydrogen-bond donors (Lipinski definition) is 2. The lowest BCUT2D eigenvalue weighted by molar-refractivity contribution is 0.388. The van der Waals surface area contributed by atoms with Gasteiger partial charge in [-0.2, -0.15) is 0 Å². The highest BCUT2D eigenvalue weighted by Gasteiger charge is 2.02. The van der Waals surface area contributed by atoms with E-state index < -0.39 is 0 Å². The minimum absolute atomic E-state index is 0.485. The summed E-state index contributed by atoms with van der Waals surface area (Å²) >= 11 is 5.72. The molecule has 0 aliphatic heterocycles. The lowest BCUT2D eigenvalue weighted by Gasteiger charge is -2.05. The van der Waals surface area contributed by atoms with Gasteiger partial charge in [0, 0.05) is 12.3 Å². The number of rotatable bonds is 3. The van der Waals surface area contributed by atoms with Gasteiger partial charge in [0.1, 0.15) is 5.82 Å². The van der Waals surface area contributed by atoms with Crippen LogP contribution in [-0.4, -0.2) is 10.1 Å². The Morgan fingerprint density at radius 1 is 1.53 bits per heavy atom. The van der Waals surface area contributed by atoms with Crippen molar-refractivity contribution in [3.8, 4) is 0 Å². The maximum absolute atomic E-state index is 5.72. The molecule has 0 fully saturated rings. The third-order valence-corrected chi connectivity index (χ3v) is 2.01. The molecule has 0 radical (unpaired) electrons. The number of pyridine rings is 1. The number of nitrogens with one attached hydrogen (secondary N) is 1. The van der Waals surface area contributed by atoms with Gasteiger partial charge >= 0.3 is 0 Å². The molecule has 0 unspecified atom stereocenters. The van der Waals surface area contributed by atoms with Gasteiger partial charge in [0.25, 0.3) is 0 Å². The molecule has 5 nitrogen and oxygen atoms in total. The fraction of sp³-hybridized carbons (Fsp3) is 0.111. The van der Waals surface area contributed by atoms with E-state index in [1.165, 1.54) is 6.20 Å². The smallest absolute Gasteiger partial charge is 0.155 e. The molecule has 78 valence electrons. The first kappa shape index (κ1) is 9.79. The van der Waals surface area contributed by atoms with Crippen molar-refractivity contribution >= 4 is 23.1 Å². The predicted octanol–water partition coefficient (Wildman–Crippen LogP) is 1.92. The maximum atomic E-state index is 5.72. The van der Waals surface area contributed by atoms with Crippen LogP contribution in [0.15, 0.2) is 29.0 Å². The lowest BCUT2D eigenvalue weighted by Crippen LogP contribution is -2.03. The molecule has 0 aromatic carbocycles. The molecule has 0 aliphatic carbocycles. The van der Waals surface area contributed by atoms with E-state index in [4.69, 9.17) is 21.9 Å². The van der Waals surface area contributed by atoms with Crippen LogP contribution in [0.2, 0.25) is 5.02 Å². The number of anilines is 2. The van der Waals surface area contributed by atoms with Crippen LogP contribution in [0.25, 0.3) is 0 Å². The summed E-state index contributed by atoms with van der Waals surface area (Å²) in [5.41, 5.74) is 6.21. The summed E-state index contributed by atoms with van der Waals surface area (Å²) < 4.78 is 4.91. The number of nitrogen functional groups attached to an aromatic ring is 1. The third-order valence-electron chi connectivity index (χ3n) is 1.81. The largest absolute Gasteiger partial charge is 0.396 e. The second-order valence-corrected chi connectivity index (χ2v) is 3.36. The molecule has 0 amide bonds. The molecule has 2 rings (SSSR count). The van der Waals surface area contributed by atoms with Crippen molar-refractivity contribution in [3.05, 3.63) is 35.3 Å². The van der Waals surface area contributed by atoms with Crippen LogP contribution in [-0.2, 0) is 6.54 Å². The number of hydrogen-bond acceptors (Lipinski definition) is 5. The summed E-state index contributed by atoms with van der Waals surface area (Å²) in [5.74, 6) is 1.29. The van der Waals surface area contributed by atoms with Gasteiger partial charge in [-0.05, 0) is 6.07 Å². The molecular formula is C9H9ClN4O. The number of halogens is 1. The van der Waals surface area contributed by atoms with Crippen LogP contribution in [0.1, 0.15) is 5.76 Å². The number of nitrogens with zero attached hydrogens (tertiary/aromatic N) is 2. The molecule has 2 aromatic rings. The lowest BCUT2D eigenvalue weighted by atomic mass is 10.4. The van der Waals surface area contributed by atoms with Crippen molar-refractivity contribution in [1.29, 1.82) is 0 Å². The molecule has 0 atom stereocenters. The summed E-state index contributed by atoms with van der Waals surface area (Å²) in [6.07, 6.45) is 3.11. The topological polar surface area (TPSA) is 77.0 Å². The Morgan fingerprint density at radius 2 is 2.40 bits per heavy atom. The number of aromatic nitrogens is 2. The monoisotopic (exact) mass is 224 g/mol. The third kappa shape index (κ3) is 2.38. The molecule has 0 spiro atoms. The zero-order chi connectivity index (χ0) is 10.7. The fourth-order valence-electron chi connectivity index (χ4n) is 1.11. The highest BCUT2D eigenvalue weighted by Crippen LogP contribution is 2.19. The first-order valence-corrected chi connectivity index (χ1v) is 4.68. The van der Waals surface area contributed by atoms with Crippen molar-refractivity contribution in [2.45, 2.75) is 6.54 Å². The van der Waals surface area contributed by atoms with E-state index in [0.29, 0.717) is 28.8 Å². The average molecular weight is 225 g/mol. The number of nitrogens with two attached hydrogens (primary N) is 1. The van der Waals surface area contributed by atoms with E-state index in [1.54, 1.807) is 18.3 Å². The predicted molar refractivity (Wildman–Crippen MR) is 57.5 cm³/mol. The molecule has 0 saturated carbocycles. The van der Waals surface area contributed by atoms with Crippen LogP contribution >= 0.6 is 11.6 Å². The van der Waals surface area contributed by atoms with Gasteiger partial charge < -0.3 is 15.6 Å². The maximum Gasteiger partial charge on any atom is 0.155 e. The Hall–Kier alpha value is -1.75. The molecule has 2 aromatic heterocycles. The van der Waals surface area contributed by atoms with Crippen LogP contribution in [0.5, 0.6) is 0 Å². The molecule has 0 bridgehead atoms. The minimum Gasteiger partial charge on any atom is -0.396 e. The van der Waals surface area contributed by atoms with Crippen LogP contribution in [0, 0.1) is 0 Å². The quantitative estimate of drug-likeness (QED) is 0.833. The molecule has 0 aliphatic rings. The zero-order valence-corrected chi connectivity index (χ0v) is 8.53. The minimum atomic E-state index is 0.485. The first-order valence-electron chi connectivity index (χ1n) is 4.30. The van der Waals surface area contributed by atoms with Gasteiger partial charge in [0.05, 0.1) is 23.5 Å². The van der Waals surface area contributed by atoms with E-state index >= 15 is 0 Å². The summed E-state index contributed by atoms with van der Waals surface area (Å²) in [6.45, 7) is 0.485. The Balaban J connectivity index is 2.05. The van der Waals surface area contributed by atoms with Gasteiger partial charge in [-0.1, -0.05) is 16.8 Å². The van der Waals surface area contributed by atoms with Crippen molar-refractivity contribution < 1.29 is 4.52 Å². The van der Waals surface area contributed by atoms with Crippen molar-refractivity contribution in [3.63, 3.8) is 0 Å². The van der Waals surface area contributed by atoms with Gasteiger partial charge in [-0.25, -0.2) is 4.98 Å². The van der Waals surface area contributed by atoms with Crippen molar-refractivity contribution in [2.24, 2.45) is 0 Å². The Bertz CT molecular complexity index is 443. The van der Waals surface area contributed by atoms with Gasteiger partial charge in [0.15, 0.2) is 5.76 Å². The molecule has 2 heterocycles. The summed E-state index contributed by atoms with van der Waals surface area (Å²) in [7, 11) is 0. The van der Waals surface area contributed by atoms with Crippen molar-refractivity contribution in [1.82, 2.24) is 10.1 Å². The molecule has 6 heteroatoms. The summed E-state index contributed by atoms with van der Waals surface area (Å²) in [4.78, 5) is 4.05. The Kier molecular flexibility index (Phi) is 2.73. The van der Waals surface area contributed by atoms with E-state index in [1.807, 2.05) is 0 Å². The zero-order valence-electron chi connectivity index (χ0n) is 7.77. The second kappa shape index (κ2) is 4.18. The highest BCUT2D eigenvalue weighted by molar-refractivity contribution is 6.30. The average Bonchev–Trinajstić information content (AvgIpc) is 2.69. The molecular weight excluding hydrogens is 216 g/mol. The Labute approximate surface area is 91.2 Å². The van der Waals surface area contributed by atoms with E-state index in [-0.39, 0.29) is 0 Å². The second-order valence-electron chi connectivity index (χ2n) is 2.92. The van der Waals surface area contributed by atoms with Crippen LogP contribution < -0.4 is 11.1 Å². The molecule has 15 heavy (non-hydrogen) atoms. The Morgan fingerprint density at radius 3 is 3.07 bits per heavy atom.